The number of aromatic nitrogens is 3. The lowest BCUT2D eigenvalue weighted by atomic mass is 10.2. The van der Waals surface area contributed by atoms with Gasteiger partial charge in [-0.05, 0) is 43.7 Å². The third kappa shape index (κ3) is 4.40. The summed E-state index contributed by atoms with van der Waals surface area (Å²) in [5.41, 5.74) is 0.978. The van der Waals surface area contributed by atoms with Crippen LogP contribution >= 0.6 is 0 Å². The lowest BCUT2D eigenvalue weighted by Gasteiger charge is -2.27. The SMILES string of the molecule is Cc1nc(N2CC3CC2CN3)nc2ncc(NC(=O)COc3ccc(C(F)(F)F)cc3)cc12. The summed E-state index contributed by atoms with van der Waals surface area (Å²) in [7, 11) is 0. The Kier molecular flexibility index (Phi) is 5.28. The van der Waals surface area contributed by atoms with Gasteiger partial charge in [0.15, 0.2) is 12.3 Å². The Morgan fingerprint density at radius 3 is 2.73 bits per heavy atom. The second-order valence-electron chi connectivity index (χ2n) is 8.21. The van der Waals surface area contributed by atoms with E-state index in [-0.39, 0.29) is 12.4 Å². The molecule has 2 N–H and O–H groups in total. The number of hydrogen-bond acceptors (Lipinski definition) is 7. The molecule has 11 heteroatoms. The fraction of sp³-hybridized carbons (Fsp3) is 0.364. The van der Waals surface area contributed by atoms with E-state index >= 15 is 0 Å². The highest BCUT2D eigenvalue weighted by molar-refractivity contribution is 5.94. The van der Waals surface area contributed by atoms with E-state index in [2.05, 4.69) is 30.5 Å². The molecule has 2 aromatic heterocycles. The Hall–Kier alpha value is -3.47. The molecule has 1 amide bonds. The lowest BCUT2D eigenvalue weighted by molar-refractivity contribution is -0.137. The van der Waals surface area contributed by atoms with Crippen molar-refractivity contribution in [1.29, 1.82) is 0 Å². The number of carbonyl (C=O) groups excluding carboxylic acids is 1. The van der Waals surface area contributed by atoms with Gasteiger partial charge in [-0.25, -0.2) is 9.97 Å². The third-order valence-electron chi connectivity index (χ3n) is 5.88. The molecule has 0 spiro atoms. The third-order valence-corrected chi connectivity index (χ3v) is 5.88. The Bertz CT molecular complexity index is 1200. The lowest BCUT2D eigenvalue weighted by Crippen LogP contribution is -2.44. The predicted octanol–water partition coefficient (Wildman–Crippen LogP) is 2.92. The van der Waals surface area contributed by atoms with E-state index < -0.39 is 17.6 Å². The van der Waals surface area contributed by atoms with Crippen molar-refractivity contribution in [1.82, 2.24) is 20.3 Å². The average molecular weight is 458 g/mol. The maximum absolute atomic E-state index is 12.6. The Morgan fingerprint density at radius 2 is 2.06 bits per heavy atom. The molecule has 5 rings (SSSR count). The summed E-state index contributed by atoms with van der Waals surface area (Å²) >= 11 is 0. The van der Waals surface area contributed by atoms with Gasteiger partial charge < -0.3 is 20.3 Å². The van der Waals surface area contributed by atoms with Crippen LogP contribution in [0, 0.1) is 6.92 Å². The van der Waals surface area contributed by atoms with E-state index in [0.717, 1.165) is 42.7 Å². The molecule has 4 heterocycles. The molecule has 2 saturated heterocycles. The fourth-order valence-corrected chi connectivity index (χ4v) is 4.23. The molecule has 172 valence electrons. The van der Waals surface area contributed by atoms with Crippen molar-refractivity contribution in [3.63, 3.8) is 0 Å². The molecule has 0 aliphatic carbocycles. The van der Waals surface area contributed by atoms with Gasteiger partial charge in [-0.2, -0.15) is 18.2 Å². The van der Waals surface area contributed by atoms with Crippen molar-refractivity contribution in [2.45, 2.75) is 31.6 Å². The maximum atomic E-state index is 12.6. The van der Waals surface area contributed by atoms with Crippen molar-refractivity contribution < 1.29 is 22.7 Å². The van der Waals surface area contributed by atoms with Crippen LogP contribution < -0.4 is 20.3 Å². The largest absolute Gasteiger partial charge is 0.484 e. The number of nitrogens with one attached hydrogen (secondary N) is 2. The van der Waals surface area contributed by atoms with E-state index in [0.29, 0.717) is 29.4 Å². The molecule has 3 aromatic rings. The zero-order valence-electron chi connectivity index (χ0n) is 17.7. The van der Waals surface area contributed by atoms with Crippen LogP contribution in [0.2, 0.25) is 0 Å². The molecule has 0 saturated carbocycles. The zero-order chi connectivity index (χ0) is 23.2. The van der Waals surface area contributed by atoms with Gasteiger partial charge in [0.05, 0.1) is 23.1 Å². The van der Waals surface area contributed by atoms with E-state index in [9.17, 15) is 18.0 Å². The molecule has 2 bridgehead atoms. The summed E-state index contributed by atoms with van der Waals surface area (Å²) in [5, 5.41) is 6.86. The molecule has 2 atom stereocenters. The number of carbonyl (C=O) groups is 1. The van der Waals surface area contributed by atoms with Crippen LogP contribution in [-0.2, 0) is 11.0 Å². The van der Waals surface area contributed by atoms with Crippen LogP contribution in [0.1, 0.15) is 17.7 Å². The van der Waals surface area contributed by atoms with Gasteiger partial charge >= 0.3 is 6.18 Å². The van der Waals surface area contributed by atoms with Crippen LogP contribution in [0.15, 0.2) is 36.5 Å². The summed E-state index contributed by atoms with van der Waals surface area (Å²) in [6.07, 6.45) is -1.83. The van der Waals surface area contributed by atoms with E-state index in [1.54, 1.807) is 6.07 Å². The minimum Gasteiger partial charge on any atom is -0.484 e. The first kappa shape index (κ1) is 21.4. The second kappa shape index (κ2) is 8.14. The number of anilines is 2. The normalized spacial score (nSPS) is 19.8. The van der Waals surface area contributed by atoms with Crippen LogP contribution in [0.5, 0.6) is 5.75 Å². The monoisotopic (exact) mass is 458 g/mol. The summed E-state index contributed by atoms with van der Waals surface area (Å²) in [6.45, 7) is 3.32. The highest BCUT2D eigenvalue weighted by Crippen LogP contribution is 2.31. The summed E-state index contributed by atoms with van der Waals surface area (Å²) in [5.74, 6) is 0.368. The number of rotatable bonds is 5. The zero-order valence-corrected chi connectivity index (χ0v) is 17.7. The number of fused-ring (bicyclic) bond motifs is 3. The number of nitrogens with zero attached hydrogens (tertiary/aromatic N) is 4. The van der Waals surface area contributed by atoms with Gasteiger partial charge in [0.2, 0.25) is 5.95 Å². The quantitative estimate of drug-likeness (QED) is 0.607. The molecule has 2 unspecified atom stereocenters. The number of halogens is 3. The van der Waals surface area contributed by atoms with Crippen LogP contribution in [0.25, 0.3) is 11.0 Å². The highest BCUT2D eigenvalue weighted by atomic mass is 19.4. The van der Waals surface area contributed by atoms with Crippen molar-refractivity contribution in [2.24, 2.45) is 0 Å². The first-order valence-corrected chi connectivity index (χ1v) is 10.5. The van der Waals surface area contributed by atoms with E-state index in [1.165, 1.54) is 18.3 Å². The van der Waals surface area contributed by atoms with Crippen molar-refractivity contribution >= 4 is 28.6 Å². The summed E-state index contributed by atoms with van der Waals surface area (Å²) < 4.78 is 43.2. The van der Waals surface area contributed by atoms with Gasteiger partial charge in [0.1, 0.15) is 5.75 Å². The number of alkyl halides is 3. The van der Waals surface area contributed by atoms with Crippen molar-refractivity contribution in [3.8, 4) is 5.75 Å². The molecule has 1 aromatic carbocycles. The Labute approximate surface area is 187 Å². The smallest absolute Gasteiger partial charge is 0.416 e. The van der Waals surface area contributed by atoms with Crippen LogP contribution in [-0.4, -0.2) is 52.6 Å². The van der Waals surface area contributed by atoms with Crippen LogP contribution in [0.3, 0.4) is 0 Å². The molecule has 0 radical (unpaired) electrons. The molecular weight excluding hydrogens is 437 g/mol. The predicted molar refractivity (Wildman–Crippen MR) is 115 cm³/mol. The number of aryl methyl sites for hydroxylation is 1. The number of hydrogen-bond donors (Lipinski definition) is 2. The van der Waals surface area contributed by atoms with E-state index in [4.69, 9.17) is 4.74 Å². The molecule has 33 heavy (non-hydrogen) atoms. The first-order valence-electron chi connectivity index (χ1n) is 10.5. The van der Waals surface area contributed by atoms with E-state index in [1.807, 2.05) is 6.92 Å². The number of pyridine rings is 1. The van der Waals surface area contributed by atoms with Gasteiger partial charge in [-0.15, -0.1) is 0 Å². The average Bonchev–Trinajstić information content (AvgIpc) is 3.42. The van der Waals surface area contributed by atoms with Gasteiger partial charge in [-0.3, -0.25) is 4.79 Å². The molecule has 8 nitrogen and oxygen atoms in total. The molecule has 2 aliphatic heterocycles. The summed E-state index contributed by atoms with van der Waals surface area (Å²) in [4.78, 5) is 28.1. The maximum Gasteiger partial charge on any atom is 0.416 e. The number of benzene rings is 1. The number of piperazine rings is 1. The standard InChI is InChI=1S/C22H21F3N6O2/c1-12-18-7-14(29-19(32)11-33-17-4-2-13(3-5-17)22(23,24)25)8-27-20(18)30-21(28-12)31-10-15-6-16(31)9-26-15/h2-5,7-8,15-16,26H,6,9-11H2,1H3,(H,29,32). The fourth-order valence-electron chi connectivity index (χ4n) is 4.23. The minimum atomic E-state index is -4.42. The molecular formula is C22H21F3N6O2. The second-order valence-corrected chi connectivity index (χ2v) is 8.21. The van der Waals surface area contributed by atoms with Gasteiger partial charge in [0.25, 0.3) is 5.91 Å². The molecule has 2 fully saturated rings. The van der Waals surface area contributed by atoms with Gasteiger partial charge in [-0.1, -0.05) is 0 Å². The van der Waals surface area contributed by atoms with Crippen molar-refractivity contribution in [3.05, 3.63) is 47.8 Å². The topological polar surface area (TPSA) is 92.3 Å². The Balaban J connectivity index is 1.24. The highest BCUT2D eigenvalue weighted by Gasteiger charge is 2.39. The summed E-state index contributed by atoms with van der Waals surface area (Å²) in [6, 6.07) is 6.78. The van der Waals surface area contributed by atoms with Crippen molar-refractivity contribution in [2.75, 3.05) is 29.9 Å². The van der Waals surface area contributed by atoms with Gasteiger partial charge in [0, 0.05) is 30.6 Å². The Morgan fingerprint density at radius 1 is 1.27 bits per heavy atom. The first-order chi connectivity index (χ1) is 15.8. The number of amides is 1. The minimum absolute atomic E-state index is 0.164. The molecule has 2 aliphatic rings. The number of ether oxygens (including phenoxy) is 1. The van der Waals surface area contributed by atoms with Crippen LogP contribution in [0.4, 0.5) is 24.8 Å².